The van der Waals surface area contributed by atoms with Gasteiger partial charge in [-0.2, -0.15) is 5.26 Å². The first kappa shape index (κ1) is 10.9. The normalized spacial score (nSPS) is 7.33. The van der Waals surface area contributed by atoms with Crippen molar-refractivity contribution in [2.75, 3.05) is 6.61 Å². The van der Waals surface area contributed by atoms with Crippen molar-refractivity contribution in [2.45, 2.75) is 20.8 Å². The van der Waals surface area contributed by atoms with E-state index >= 15 is 0 Å². The third-order valence-electron chi connectivity index (χ3n) is 0.405. The van der Waals surface area contributed by atoms with Gasteiger partial charge in [0.2, 0.25) is 0 Å². The summed E-state index contributed by atoms with van der Waals surface area (Å²) in [5, 5.41) is 7.88. The molecular formula is C7H13NO. The minimum Gasteiger partial charge on any atom is -0.501 e. The van der Waals surface area contributed by atoms with Crippen LogP contribution in [0.5, 0.6) is 0 Å². The van der Waals surface area contributed by atoms with Crippen LogP contribution in [0, 0.1) is 11.3 Å². The van der Waals surface area contributed by atoms with Crippen molar-refractivity contribution in [3.63, 3.8) is 0 Å². The Kier molecular flexibility index (Phi) is 19.1. The van der Waals surface area contributed by atoms with Gasteiger partial charge in [0.1, 0.15) is 0 Å². The molecule has 0 aromatic carbocycles. The van der Waals surface area contributed by atoms with Crippen LogP contribution >= 0.6 is 0 Å². The largest absolute Gasteiger partial charge is 0.501 e. The highest BCUT2D eigenvalue weighted by Gasteiger charge is 1.63. The quantitative estimate of drug-likeness (QED) is 0.420. The van der Waals surface area contributed by atoms with Crippen molar-refractivity contribution in [3.8, 4) is 6.07 Å². The van der Waals surface area contributed by atoms with E-state index in [4.69, 9.17) is 5.26 Å². The Bertz CT molecular complexity index is 91.6. The van der Waals surface area contributed by atoms with Gasteiger partial charge in [-0.3, -0.25) is 0 Å². The standard InChI is InChI=1S/C5H7NO.C2H6/c1-2-7-5-3-4-6;1-2/h3,5H,2H2,1H3;1-2H3/b5-3+;. The molecule has 0 aliphatic heterocycles. The van der Waals surface area contributed by atoms with E-state index in [0.717, 1.165) is 0 Å². The van der Waals surface area contributed by atoms with Crippen LogP contribution in [0.2, 0.25) is 0 Å². The van der Waals surface area contributed by atoms with Crippen LogP contribution in [-0.4, -0.2) is 6.61 Å². The minimum absolute atomic E-state index is 0.623. The van der Waals surface area contributed by atoms with E-state index in [0.29, 0.717) is 6.61 Å². The molecule has 0 aromatic heterocycles. The first-order chi connectivity index (χ1) is 4.41. The predicted molar refractivity (Wildman–Crippen MR) is 37.7 cm³/mol. The predicted octanol–water partition coefficient (Wildman–Crippen LogP) is 2.09. The van der Waals surface area contributed by atoms with E-state index in [1.807, 2.05) is 20.8 Å². The fraction of sp³-hybridized carbons (Fsp3) is 0.571. The van der Waals surface area contributed by atoms with Crippen molar-refractivity contribution in [2.24, 2.45) is 0 Å². The van der Waals surface area contributed by atoms with Gasteiger partial charge in [-0.05, 0) is 6.92 Å². The molecule has 0 unspecified atom stereocenters. The molecule has 0 atom stereocenters. The zero-order chi connectivity index (χ0) is 7.54. The van der Waals surface area contributed by atoms with E-state index in [1.165, 1.54) is 12.3 Å². The minimum atomic E-state index is 0.623. The Morgan fingerprint density at radius 3 is 2.44 bits per heavy atom. The zero-order valence-electron chi connectivity index (χ0n) is 6.22. The molecule has 0 saturated carbocycles. The number of nitrogens with zero attached hydrogens (tertiary/aromatic N) is 1. The number of hydrogen-bond donors (Lipinski definition) is 0. The molecule has 0 aliphatic rings. The maximum Gasteiger partial charge on any atom is 0.0944 e. The molecule has 0 amide bonds. The lowest BCUT2D eigenvalue weighted by Crippen LogP contribution is -1.74. The second-order valence-corrected chi connectivity index (χ2v) is 0.887. The van der Waals surface area contributed by atoms with Crippen molar-refractivity contribution in [3.05, 3.63) is 12.3 Å². The molecule has 52 valence electrons. The molecule has 0 rings (SSSR count). The third kappa shape index (κ3) is 19.4. The monoisotopic (exact) mass is 127 g/mol. The van der Waals surface area contributed by atoms with Crippen LogP contribution < -0.4 is 0 Å². The van der Waals surface area contributed by atoms with Crippen molar-refractivity contribution >= 4 is 0 Å². The topological polar surface area (TPSA) is 33.0 Å². The van der Waals surface area contributed by atoms with Crippen LogP contribution in [0.25, 0.3) is 0 Å². The second kappa shape index (κ2) is 15.7. The van der Waals surface area contributed by atoms with Gasteiger partial charge >= 0.3 is 0 Å². The number of ether oxygens (including phenoxy) is 1. The summed E-state index contributed by atoms with van der Waals surface area (Å²) in [5.74, 6) is 0. The molecule has 0 radical (unpaired) electrons. The van der Waals surface area contributed by atoms with E-state index in [2.05, 4.69) is 4.74 Å². The molecule has 0 fully saturated rings. The highest BCUT2D eigenvalue weighted by molar-refractivity contribution is 4.97. The Hall–Kier alpha value is -0.970. The van der Waals surface area contributed by atoms with Gasteiger partial charge in [0.05, 0.1) is 25.0 Å². The maximum atomic E-state index is 7.88. The molecule has 0 N–H and O–H groups in total. The summed E-state index contributed by atoms with van der Waals surface area (Å²) in [6, 6.07) is 1.80. The number of nitriles is 1. The fourth-order valence-electron chi connectivity index (χ4n) is 0.175. The van der Waals surface area contributed by atoms with Crippen LogP contribution in [0.4, 0.5) is 0 Å². The van der Waals surface area contributed by atoms with Gasteiger partial charge < -0.3 is 4.74 Å². The number of hydrogen-bond acceptors (Lipinski definition) is 2. The lowest BCUT2D eigenvalue weighted by Gasteiger charge is -1.85. The van der Waals surface area contributed by atoms with Gasteiger partial charge in [0, 0.05) is 0 Å². The van der Waals surface area contributed by atoms with Gasteiger partial charge in [0.15, 0.2) is 0 Å². The highest BCUT2D eigenvalue weighted by Crippen LogP contribution is 1.72. The van der Waals surface area contributed by atoms with Gasteiger partial charge in [0.25, 0.3) is 0 Å². The summed E-state index contributed by atoms with van der Waals surface area (Å²) in [4.78, 5) is 0. The van der Waals surface area contributed by atoms with Crippen LogP contribution in [-0.2, 0) is 4.74 Å². The van der Waals surface area contributed by atoms with Crippen LogP contribution in [0.3, 0.4) is 0 Å². The smallest absolute Gasteiger partial charge is 0.0944 e. The average Bonchev–Trinajstić information content (AvgIpc) is 1.94. The van der Waals surface area contributed by atoms with Gasteiger partial charge in [-0.15, -0.1) is 0 Å². The molecule has 0 aliphatic carbocycles. The summed E-state index contributed by atoms with van der Waals surface area (Å²) < 4.78 is 4.67. The van der Waals surface area contributed by atoms with E-state index in [9.17, 15) is 0 Å². The number of allylic oxidation sites excluding steroid dienone is 1. The maximum absolute atomic E-state index is 7.88. The summed E-state index contributed by atoms with van der Waals surface area (Å²) >= 11 is 0. The van der Waals surface area contributed by atoms with E-state index in [1.54, 1.807) is 6.07 Å². The second-order valence-electron chi connectivity index (χ2n) is 0.887. The van der Waals surface area contributed by atoms with Gasteiger partial charge in [-0.25, -0.2) is 0 Å². The summed E-state index contributed by atoms with van der Waals surface area (Å²) in [5.41, 5.74) is 0. The molecule has 2 heteroatoms. The Morgan fingerprint density at radius 2 is 2.11 bits per heavy atom. The SMILES string of the molecule is CC.CCO/C=C/C#N. The molecule has 0 spiro atoms. The molecule has 0 saturated heterocycles. The van der Waals surface area contributed by atoms with Gasteiger partial charge in [-0.1, -0.05) is 13.8 Å². The molecule has 0 aromatic rings. The highest BCUT2D eigenvalue weighted by atomic mass is 16.5. The molecular weight excluding hydrogens is 114 g/mol. The Balaban J connectivity index is 0. The first-order valence-corrected chi connectivity index (χ1v) is 3.08. The van der Waals surface area contributed by atoms with E-state index < -0.39 is 0 Å². The summed E-state index contributed by atoms with van der Waals surface area (Å²) in [6.07, 6.45) is 2.67. The van der Waals surface area contributed by atoms with Crippen LogP contribution in [0.1, 0.15) is 20.8 Å². The molecule has 9 heavy (non-hydrogen) atoms. The third-order valence-corrected chi connectivity index (χ3v) is 0.405. The molecule has 0 heterocycles. The Morgan fingerprint density at radius 1 is 1.56 bits per heavy atom. The first-order valence-electron chi connectivity index (χ1n) is 3.08. The van der Waals surface area contributed by atoms with Crippen molar-refractivity contribution < 1.29 is 4.74 Å². The lowest BCUT2D eigenvalue weighted by atomic mass is 10.7. The number of rotatable bonds is 2. The zero-order valence-corrected chi connectivity index (χ0v) is 6.22. The summed E-state index contributed by atoms with van der Waals surface area (Å²) in [6.45, 7) is 6.49. The fourth-order valence-corrected chi connectivity index (χ4v) is 0.175. The van der Waals surface area contributed by atoms with Crippen LogP contribution in [0.15, 0.2) is 12.3 Å². The average molecular weight is 127 g/mol. The summed E-state index contributed by atoms with van der Waals surface area (Å²) in [7, 11) is 0. The van der Waals surface area contributed by atoms with E-state index in [-0.39, 0.29) is 0 Å². The lowest BCUT2D eigenvalue weighted by molar-refractivity contribution is 0.269. The molecule has 0 bridgehead atoms. The molecule has 2 nitrogen and oxygen atoms in total. The van der Waals surface area contributed by atoms with Crippen molar-refractivity contribution in [1.29, 1.82) is 5.26 Å². The van der Waals surface area contributed by atoms with Crippen molar-refractivity contribution in [1.82, 2.24) is 0 Å². The Labute approximate surface area is 56.8 Å².